The molecule has 72 valence electrons. The predicted octanol–water partition coefficient (Wildman–Crippen LogP) is 0.112. The lowest BCUT2D eigenvalue weighted by Crippen LogP contribution is -2.36. The first-order valence-electron chi connectivity index (χ1n) is 3.48. The highest BCUT2D eigenvalue weighted by Crippen LogP contribution is 2.11. The Kier molecular flexibility index (Phi) is 2.99. The molecule has 0 fully saturated rings. The van der Waals surface area contributed by atoms with E-state index in [2.05, 4.69) is 4.84 Å². The fraction of sp³-hybridized carbons (Fsp3) is 0.143. The summed E-state index contributed by atoms with van der Waals surface area (Å²) in [6.45, 7) is 0. The summed E-state index contributed by atoms with van der Waals surface area (Å²) in [4.78, 5) is 4.49. The van der Waals surface area contributed by atoms with E-state index in [1.807, 2.05) is 0 Å². The standard InChI is InChI=1S/C7H10N2O3S/c1-12-9(8)13(10,11)7-5-3-2-4-6-7/h2-6H,8H2,1H3. The van der Waals surface area contributed by atoms with Crippen molar-refractivity contribution in [2.45, 2.75) is 4.90 Å². The van der Waals surface area contributed by atoms with E-state index in [-0.39, 0.29) is 4.90 Å². The third-order valence-corrected chi connectivity index (χ3v) is 2.95. The Balaban J connectivity index is 3.09. The summed E-state index contributed by atoms with van der Waals surface area (Å²) in [7, 11) is -2.52. The van der Waals surface area contributed by atoms with Crippen LogP contribution >= 0.6 is 0 Å². The van der Waals surface area contributed by atoms with E-state index < -0.39 is 10.0 Å². The average molecular weight is 202 g/mol. The minimum atomic E-state index is -3.70. The van der Waals surface area contributed by atoms with Gasteiger partial charge in [0.05, 0.1) is 12.0 Å². The van der Waals surface area contributed by atoms with E-state index >= 15 is 0 Å². The molecule has 6 heteroatoms. The van der Waals surface area contributed by atoms with Crippen LogP contribution in [-0.4, -0.2) is 20.1 Å². The molecule has 0 aliphatic heterocycles. The van der Waals surface area contributed by atoms with Crippen molar-refractivity contribution in [1.29, 1.82) is 0 Å². The summed E-state index contributed by atoms with van der Waals surface area (Å²) in [5.41, 5.74) is 0. The van der Waals surface area contributed by atoms with Gasteiger partial charge in [0.1, 0.15) is 0 Å². The van der Waals surface area contributed by atoms with E-state index in [0.29, 0.717) is 4.58 Å². The Bertz CT molecular complexity index is 363. The molecule has 0 aromatic heterocycles. The van der Waals surface area contributed by atoms with Gasteiger partial charge >= 0.3 is 0 Å². The molecule has 0 saturated heterocycles. The molecular formula is C7H10N2O3S. The van der Waals surface area contributed by atoms with Crippen molar-refractivity contribution in [1.82, 2.24) is 4.58 Å². The van der Waals surface area contributed by atoms with Crippen molar-refractivity contribution in [3.05, 3.63) is 30.3 Å². The molecule has 0 heterocycles. The average Bonchev–Trinajstić information content (AvgIpc) is 2.18. The third kappa shape index (κ3) is 2.04. The molecule has 0 bridgehead atoms. The SMILES string of the molecule is CON(N)S(=O)(=O)c1ccccc1. The highest BCUT2D eigenvalue weighted by Gasteiger charge is 2.20. The zero-order valence-corrected chi connectivity index (χ0v) is 7.86. The van der Waals surface area contributed by atoms with Gasteiger partial charge in [0.15, 0.2) is 0 Å². The number of sulfonamides is 1. The van der Waals surface area contributed by atoms with Gasteiger partial charge in [-0.15, -0.1) is 0 Å². The van der Waals surface area contributed by atoms with Crippen LogP contribution in [-0.2, 0) is 14.9 Å². The fourth-order valence-corrected chi connectivity index (χ4v) is 1.70. The van der Waals surface area contributed by atoms with Crippen molar-refractivity contribution in [3.8, 4) is 0 Å². The Hall–Kier alpha value is -0.950. The van der Waals surface area contributed by atoms with Crippen molar-refractivity contribution in [2.24, 2.45) is 5.84 Å². The van der Waals surface area contributed by atoms with Crippen LogP contribution in [0.2, 0.25) is 0 Å². The van der Waals surface area contributed by atoms with Gasteiger partial charge in [-0.05, 0) is 16.7 Å². The zero-order valence-electron chi connectivity index (χ0n) is 7.04. The van der Waals surface area contributed by atoms with E-state index in [9.17, 15) is 8.42 Å². The maximum absolute atomic E-state index is 11.4. The fourth-order valence-electron chi connectivity index (χ4n) is 0.794. The zero-order chi connectivity index (χ0) is 9.90. The number of nitrogens with zero attached hydrogens (tertiary/aromatic N) is 1. The molecule has 0 amide bonds. The summed E-state index contributed by atoms with van der Waals surface area (Å²) in [6.07, 6.45) is 0. The molecular weight excluding hydrogens is 192 g/mol. The smallest absolute Gasteiger partial charge is 0.273 e. The van der Waals surface area contributed by atoms with Crippen molar-refractivity contribution < 1.29 is 13.3 Å². The molecule has 1 rings (SSSR count). The monoisotopic (exact) mass is 202 g/mol. The van der Waals surface area contributed by atoms with Crippen molar-refractivity contribution in [2.75, 3.05) is 7.11 Å². The van der Waals surface area contributed by atoms with Crippen LogP contribution in [0, 0.1) is 0 Å². The lowest BCUT2D eigenvalue weighted by molar-refractivity contribution is -0.0499. The molecule has 1 aromatic rings. The number of benzene rings is 1. The molecule has 0 radical (unpaired) electrons. The molecule has 0 aliphatic carbocycles. The minimum absolute atomic E-state index is 0.0966. The molecule has 0 saturated carbocycles. The van der Waals surface area contributed by atoms with Gasteiger partial charge in [-0.3, -0.25) is 4.84 Å². The summed E-state index contributed by atoms with van der Waals surface area (Å²) in [6, 6.07) is 7.81. The first-order valence-corrected chi connectivity index (χ1v) is 4.92. The summed E-state index contributed by atoms with van der Waals surface area (Å²) in [5, 5.41) is 0. The van der Waals surface area contributed by atoms with Gasteiger partial charge in [0, 0.05) is 0 Å². The minimum Gasteiger partial charge on any atom is -0.273 e. The van der Waals surface area contributed by atoms with Gasteiger partial charge in [-0.25, -0.2) is 14.3 Å². The maximum atomic E-state index is 11.4. The number of hydrogen-bond acceptors (Lipinski definition) is 4. The molecule has 0 spiro atoms. The van der Waals surface area contributed by atoms with Crippen LogP contribution in [0.1, 0.15) is 0 Å². The van der Waals surface area contributed by atoms with Crippen LogP contribution in [0.5, 0.6) is 0 Å². The highest BCUT2D eigenvalue weighted by atomic mass is 32.2. The molecule has 0 aliphatic rings. The highest BCUT2D eigenvalue weighted by molar-refractivity contribution is 7.89. The van der Waals surface area contributed by atoms with Gasteiger partial charge < -0.3 is 0 Å². The van der Waals surface area contributed by atoms with Gasteiger partial charge in [-0.1, -0.05) is 18.2 Å². The topological polar surface area (TPSA) is 72.6 Å². The van der Waals surface area contributed by atoms with Crippen LogP contribution < -0.4 is 5.84 Å². The second kappa shape index (κ2) is 3.84. The Morgan fingerprint density at radius 3 is 2.31 bits per heavy atom. The number of rotatable bonds is 3. The van der Waals surface area contributed by atoms with Gasteiger partial charge in [0.2, 0.25) is 0 Å². The predicted molar refractivity (Wildman–Crippen MR) is 46.7 cm³/mol. The maximum Gasteiger partial charge on any atom is 0.278 e. The molecule has 2 N–H and O–H groups in total. The molecule has 5 nitrogen and oxygen atoms in total. The molecule has 1 aromatic carbocycles. The number of nitrogens with two attached hydrogens (primary N) is 1. The van der Waals surface area contributed by atoms with Crippen molar-refractivity contribution in [3.63, 3.8) is 0 Å². The first-order chi connectivity index (χ1) is 6.09. The van der Waals surface area contributed by atoms with E-state index in [0.717, 1.165) is 0 Å². The lowest BCUT2D eigenvalue weighted by atomic mass is 10.4. The van der Waals surface area contributed by atoms with Crippen LogP contribution in [0.25, 0.3) is 0 Å². The molecule has 13 heavy (non-hydrogen) atoms. The quantitative estimate of drug-likeness (QED) is 0.558. The Labute approximate surface area is 76.7 Å². The second-order valence-electron chi connectivity index (χ2n) is 2.26. The summed E-state index contributed by atoms with van der Waals surface area (Å²) < 4.78 is 23.2. The van der Waals surface area contributed by atoms with Gasteiger partial charge in [0.25, 0.3) is 10.0 Å². The summed E-state index contributed by atoms with van der Waals surface area (Å²) in [5.74, 6) is 5.11. The number of hydrogen-bond donors (Lipinski definition) is 1. The van der Waals surface area contributed by atoms with Gasteiger partial charge in [-0.2, -0.15) is 0 Å². The Morgan fingerprint density at radius 2 is 1.85 bits per heavy atom. The first kappa shape index (κ1) is 10.1. The van der Waals surface area contributed by atoms with E-state index in [1.54, 1.807) is 18.2 Å². The second-order valence-corrected chi connectivity index (χ2v) is 4.04. The molecule has 0 unspecified atom stereocenters. The van der Waals surface area contributed by atoms with Crippen LogP contribution in [0.15, 0.2) is 35.2 Å². The largest absolute Gasteiger partial charge is 0.278 e. The Morgan fingerprint density at radius 1 is 1.31 bits per heavy atom. The lowest BCUT2D eigenvalue weighted by Gasteiger charge is -2.12. The summed E-state index contributed by atoms with van der Waals surface area (Å²) >= 11 is 0. The van der Waals surface area contributed by atoms with E-state index in [1.165, 1.54) is 19.2 Å². The normalized spacial score (nSPS) is 11.9. The third-order valence-electron chi connectivity index (χ3n) is 1.46. The molecule has 0 atom stereocenters. The number of hydrazine groups is 1. The van der Waals surface area contributed by atoms with Crippen molar-refractivity contribution >= 4 is 10.0 Å². The van der Waals surface area contributed by atoms with E-state index in [4.69, 9.17) is 5.84 Å². The van der Waals surface area contributed by atoms with Crippen LogP contribution in [0.3, 0.4) is 0 Å². The van der Waals surface area contributed by atoms with Crippen LogP contribution in [0.4, 0.5) is 0 Å².